The molecule has 0 bridgehead atoms. The van der Waals surface area contributed by atoms with Gasteiger partial charge in [-0.05, 0) is 82.4 Å². The van der Waals surface area contributed by atoms with Crippen molar-refractivity contribution >= 4 is 0 Å². The summed E-state index contributed by atoms with van der Waals surface area (Å²) in [6, 6.07) is 12.5. The van der Waals surface area contributed by atoms with Gasteiger partial charge in [0.1, 0.15) is 0 Å². The van der Waals surface area contributed by atoms with Crippen molar-refractivity contribution in [1.82, 2.24) is 10.2 Å². The van der Waals surface area contributed by atoms with Gasteiger partial charge >= 0.3 is 0 Å². The molecule has 3 nitrogen and oxygen atoms in total. The van der Waals surface area contributed by atoms with Crippen LogP contribution in [0.1, 0.15) is 64.5 Å². The third kappa shape index (κ3) is 3.91. The zero-order valence-electron chi connectivity index (χ0n) is 16.3. The van der Waals surface area contributed by atoms with E-state index in [0.29, 0.717) is 23.5 Å². The zero-order valence-corrected chi connectivity index (χ0v) is 16.3. The van der Waals surface area contributed by atoms with E-state index in [1.54, 1.807) is 0 Å². The third-order valence-corrected chi connectivity index (χ3v) is 6.44. The second-order valence-corrected chi connectivity index (χ2v) is 8.60. The molecule has 1 N–H and O–H groups in total. The molecular weight excluding hydrogens is 306 g/mol. The quantitative estimate of drug-likeness (QED) is 0.813. The van der Waals surface area contributed by atoms with Gasteiger partial charge in [0.25, 0.3) is 0 Å². The molecule has 0 heterocycles. The van der Waals surface area contributed by atoms with E-state index < -0.39 is 0 Å². The molecule has 0 saturated heterocycles. The van der Waals surface area contributed by atoms with Gasteiger partial charge in [-0.3, -0.25) is 4.90 Å². The lowest BCUT2D eigenvalue weighted by Gasteiger charge is -2.33. The summed E-state index contributed by atoms with van der Waals surface area (Å²) in [5.41, 5.74) is 2.59. The van der Waals surface area contributed by atoms with E-state index in [9.17, 15) is 0 Å². The minimum absolute atomic E-state index is 0.382. The van der Waals surface area contributed by atoms with Crippen LogP contribution in [-0.4, -0.2) is 36.1 Å². The minimum atomic E-state index is 0.382. The number of nitrogens with zero attached hydrogens (tertiary/aromatic N) is 2. The maximum atomic E-state index is 9.16. The summed E-state index contributed by atoms with van der Waals surface area (Å²) in [4.78, 5) is 2.56. The van der Waals surface area contributed by atoms with Crippen molar-refractivity contribution in [1.29, 1.82) is 5.26 Å². The Morgan fingerprint density at radius 2 is 2.04 bits per heavy atom. The van der Waals surface area contributed by atoms with Crippen molar-refractivity contribution in [2.75, 3.05) is 13.1 Å². The number of hydrogen-bond acceptors (Lipinski definition) is 3. The van der Waals surface area contributed by atoms with E-state index in [-0.39, 0.29) is 0 Å². The Morgan fingerprint density at radius 3 is 2.68 bits per heavy atom. The fraction of sp³-hybridized carbons (Fsp3) is 0.682. The Morgan fingerprint density at radius 1 is 1.28 bits per heavy atom. The molecule has 136 valence electrons. The molecule has 2 fully saturated rings. The van der Waals surface area contributed by atoms with Crippen LogP contribution in [-0.2, 0) is 5.41 Å². The normalized spacial score (nSPS) is 28.2. The van der Waals surface area contributed by atoms with E-state index in [0.717, 1.165) is 24.6 Å². The van der Waals surface area contributed by atoms with Crippen LogP contribution in [0.15, 0.2) is 24.3 Å². The molecule has 1 aromatic carbocycles. The van der Waals surface area contributed by atoms with E-state index in [1.165, 1.54) is 31.2 Å². The lowest BCUT2D eigenvalue weighted by Crippen LogP contribution is -2.44. The molecule has 25 heavy (non-hydrogen) atoms. The topological polar surface area (TPSA) is 39.1 Å². The van der Waals surface area contributed by atoms with Gasteiger partial charge in [0.2, 0.25) is 0 Å². The van der Waals surface area contributed by atoms with Crippen molar-refractivity contribution in [3.63, 3.8) is 0 Å². The van der Waals surface area contributed by atoms with Crippen LogP contribution < -0.4 is 5.32 Å². The molecule has 2 aliphatic rings. The largest absolute Gasteiger partial charge is 0.313 e. The molecular formula is C22H33N3. The molecule has 3 rings (SSSR count). The van der Waals surface area contributed by atoms with Crippen LogP contribution >= 0.6 is 0 Å². The highest BCUT2D eigenvalue weighted by Crippen LogP contribution is 2.62. The molecule has 3 atom stereocenters. The molecule has 0 unspecified atom stereocenters. The minimum Gasteiger partial charge on any atom is -0.313 e. The molecule has 2 saturated carbocycles. The van der Waals surface area contributed by atoms with Gasteiger partial charge in [0.15, 0.2) is 0 Å². The Labute approximate surface area is 153 Å². The second kappa shape index (κ2) is 7.48. The standard InChI is InChI=1S/C22H33N3/c1-16(2)25(17(3)4)11-10-24-21-8-9-22(14-20(22)13-21)19-7-5-6-18(12-19)15-23/h5-7,12,16-17,20-21,24H,8-11,13-14H2,1-4H3/t20-,21+,22+/m0/s1. The van der Waals surface area contributed by atoms with Crippen molar-refractivity contribution in [3.8, 4) is 6.07 Å². The van der Waals surface area contributed by atoms with Crippen molar-refractivity contribution in [3.05, 3.63) is 35.4 Å². The van der Waals surface area contributed by atoms with E-state index >= 15 is 0 Å². The lowest BCUT2D eigenvalue weighted by atomic mass is 9.80. The van der Waals surface area contributed by atoms with Gasteiger partial charge in [0.05, 0.1) is 11.6 Å². The number of nitriles is 1. The maximum Gasteiger partial charge on any atom is 0.0991 e. The Hall–Kier alpha value is -1.37. The SMILES string of the molecule is CC(C)N(CCN[C@@H]1CC[C@]2(c3cccc(C#N)c3)C[C@@H]2C1)C(C)C. The van der Waals surface area contributed by atoms with Crippen molar-refractivity contribution < 1.29 is 0 Å². The van der Waals surface area contributed by atoms with Crippen LogP contribution in [0.2, 0.25) is 0 Å². The van der Waals surface area contributed by atoms with Crippen LogP contribution in [0.5, 0.6) is 0 Å². The number of fused-ring (bicyclic) bond motifs is 1. The predicted molar refractivity (Wildman–Crippen MR) is 104 cm³/mol. The van der Waals surface area contributed by atoms with Crippen LogP contribution in [0.4, 0.5) is 0 Å². The predicted octanol–water partition coefficient (Wildman–Crippen LogP) is 4.08. The summed E-state index contributed by atoms with van der Waals surface area (Å²) in [5, 5.41) is 13.0. The van der Waals surface area contributed by atoms with Gasteiger partial charge in [-0.25, -0.2) is 0 Å². The van der Waals surface area contributed by atoms with Gasteiger partial charge in [0, 0.05) is 31.2 Å². The first-order valence-corrected chi connectivity index (χ1v) is 9.96. The number of rotatable bonds is 7. The van der Waals surface area contributed by atoms with Crippen LogP contribution in [0.25, 0.3) is 0 Å². The number of hydrogen-bond donors (Lipinski definition) is 1. The van der Waals surface area contributed by atoms with E-state index in [1.807, 2.05) is 6.07 Å². The summed E-state index contributed by atoms with van der Waals surface area (Å²) in [5.74, 6) is 0.805. The Balaban J connectivity index is 1.50. The van der Waals surface area contributed by atoms with Crippen molar-refractivity contribution in [2.45, 2.75) is 76.9 Å². The van der Waals surface area contributed by atoms with Gasteiger partial charge in [-0.15, -0.1) is 0 Å². The maximum absolute atomic E-state index is 9.16. The summed E-state index contributed by atoms with van der Waals surface area (Å²) < 4.78 is 0. The highest BCUT2D eigenvalue weighted by molar-refractivity contribution is 5.41. The monoisotopic (exact) mass is 339 g/mol. The first-order chi connectivity index (χ1) is 12.0. The average molecular weight is 340 g/mol. The summed E-state index contributed by atoms with van der Waals surface area (Å²) >= 11 is 0. The first-order valence-electron chi connectivity index (χ1n) is 9.96. The highest BCUT2D eigenvalue weighted by Gasteiger charge is 2.57. The molecule has 0 radical (unpaired) electrons. The smallest absolute Gasteiger partial charge is 0.0991 e. The second-order valence-electron chi connectivity index (χ2n) is 8.60. The third-order valence-electron chi connectivity index (χ3n) is 6.44. The highest BCUT2D eigenvalue weighted by atomic mass is 15.2. The molecule has 0 aromatic heterocycles. The van der Waals surface area contributed by atoms with Gasteiger partial charge < -0.3 is 5.32 Å². The fourth-order valence-corrected chi connectivity index (χ4v) is 4.98. The molecule has 2 aliphatic carbocycles. The first kappa shape index (κ1) is 18.4. The summed E-state index contributed by atoms with van der Waals surface area (Å²) in [6.07, 6.45) is 5.13. The fourth-order valence-electron chi connectivity index (χ4n) is 4.98. The zero-order chi connectivity index (χ0) is 18.0. The summed E-state index contributed by atoms with van der Waals surface area (Å²) in [6.45, 7) is 11.4. The van der Waals surface area contributed by atoms with Gasteiger partial charge in [-0.1, -0.05) is 12.1 Å². The molecule has 0 spiro atoms. The molecule has 1 aromatic rings. The summed E-state index contributed by atoms with van der Waals surface area (Å²) in [7, 11) is 0. The van der Waals surface area contributed by atoms with Crippen molar-refractivity contribution in [2.24, 2.45) is 5.92 Å². The number of benzene rings is 1. The average Bonchev–Trinajstić information content (AvgIpc) is 3.33. The molecule has 3 heteroatoms. The molecule has 0 aliphatic heterocycles. The van der Waals surface area contributed by atoms with E-state index in [4.69, 9.17) is 5.26 Å². The molecule has 0 amide bonds. The lowest BCUT2D eigenvalue weighted by molar-refractivity contribution is 0.171. The Bertz CT molecular complexity index is 622. The Kier molecular flexibility index (Phi) is 5.51. The van der Waals surface area contributed by atoms with Crippen LogP contribution in [0.3, 0.4) is 0 Å². The number of nitrogens with one attached hydrogen (secondary N) is 1. The van der Waals surface area contributed by atoms with Crippen LogP contribution in [0, 0.1) is 17.2 Å². The van der Waals surface area contributed by atoms with Gasteiger partial charge in [-0.2, -0.15) is 5.26 Å². The van der Waals surface area contributed by atoms with E-state index in [2.05, 4.69) is 62.2 Å².